The molecule has 3 nitrogen and oxygen atoms in total. The molecule has 2 rings (SSSR count). The number of nitrogens with one attached hydrogen (secondary N) is 1. The van der Waals surface area contributed by atoms with E-state index in [-0.39, 0.29) is 0 Å². The lowest BCUT2D eigenvalue weighted by atomic mass is 10.2. The van der Waals surface area contributed by atoms with Crippen LogP contribution in [0.5, 0.6) is 0 Å². The number of benzene rings is 1. The number of rotatable bonds is 4. The molecule has 1 heterocycles. The molecule has 1 N–H and O–H groups in total. The summed E-state index contributed by atoms with van der Waals surface area (Å²) in [7, 11) is 1.89. The number of aryl methyl sites for hydroxylation is 2. The maximum absolute atomic E-state index is 4.55. The van der Waals surface area contributed by atoms with Crippen LogP contribution in [0, 0.1) is 17.4 Å². The molecular weight excluding hydrogens is 369 g/mol. The zero-order chi connectivity index (χ0) is 13.8. The van der Waals surface area contributed by atoms with Crippen LogP contribution in [0.25, 0.3) is 0 Å². The highest BCUT2D eigenvalue weighted by molar-refractivity contribution is 14.1. The average molecular weight is 385 g/mol. The number of anilines is 1. The van der Waals surface area contributed by atoms with Crippen molar-refractivity contribution in [1.29, 1.82) is 0 Å². The van der Waals surface area contributed by atoms with Crippen LogP contribution in [0.15, 0.2) is 29.2 Å². The third-order valence-corrected chi connectivity index (χ3v) is 5.21. The van der Waals surface area contributed by atoms with Crippen molar-refractivity contribution in [1.82, 2.24) is 9.97 Å². The molecule has 0 spiro atoms. The SMILES string of the molecule is CNc1nc(CSc2ccccc2C)nc(C)c1I. The molecule has 0 radical (unpaired) electrons. The number of hydrogen-bond donors (Lipinski definition) is 1. The lowest BCUT2D eigenvalue weighted by Crippen LogP contribution is -2.04. The van der Waals surface area contributed by atoms with Gasteiger partial charge in [0.15, 0.2) is 0 Å². The van der Waals surface area contributed by atoms with Gasteiger partial charge in [0.25, 0.3) is 0 Å². The minimum atomic E-state index is 0.789. The van der Waals surface area contributed by atoms with Crippen LogP contribution < -0.4 is 5.32 Å². The van der Waals surface area contributed by atoms with Crippen LogP contribution in [0.1, 0.15) is 17.1 Å². The summed E-state index contributed by atoms with van der Waals surface area (Å²) >= 11 is 4.05. The first-order valence-corrected chi connectivity index (χ1v) is 8.07. The third-order valence-electron chi connectivity index (χ3n) is 2.75. The molecule has 0 aliphatic rings. The summed E-state index contributed by atoms with van der Waals surface area (Å²) < 4.78 is 1.09. The lowest BCUT2D eigenvalue weighted by molar-refractivity contribution is 0.984. The first-order chi connectivity index (χ1) is 9.11. The fraction of sp³-hybridized carbons (Fsp3) is 0.286. The van der Waals surface area contributed by atoms with Gasteiger partial charge in [0.2, 0.25) is 0 Å². The number of aromatic nitrogens is 2. The summed E-state index contributed by atoms with van der Waals surface area (Å²) in [5, 5.41) is 3.12. The molecule has 0 saturated heterocycles. The molecule has 0 unspecified atom stereocenters. The Morgan fingerprint density at radius 1 is 1.21 bits per heavy atom. The molecule has 1 aromatic carbocycles. The number of nitrogens with zero attached hydrogens (tertiary/aromatic N) is 2. The van der Waals surface area contributed by atoms with E-state index < -0.39 is 0 Å². The Kier molecular flexibility index (Phi) is 5.04. The zero-order valence-electron chi connectivity index (χ0n) is 11.2. The second-order valence-electron chi connectivity index (χ2n) is 4.19. The van der Waals surface area contributed by atoms with Gasteiger partial charge < -0.3 is 5.32 Å². The van der Waals surface area contributed by atoms with E-state index in [9.17, 15) is 0 Å². The van der Waals surface area contributed by atoms with Crippen molar-refractivity contribution in [3.05, 3.63) is 44.9 Å². The maximum Gasteiger partial charge on any atom is 0.143 e. The quantitative estimate of drug-likeness (QED) is 0.637. The molecule has 0 bridgehead atoms. The molecule has 0 aliphatic carbocycles. The molecule has 1 aromatic heterocycles. The highest BCUT2D eigenvalue weighted by Gasteiger charge is 2.08. The van der Waals surface area contributed by atoms with E-state index in [0.29, 0.717) is 0 Å². The molecular formula is C14H16IN3S. The van der Waals surface area contributed by atoms with Crippen LogP contribution in [0.2, 0.25) is 0 Å². The van der Waals surface area contributed by atoms with Gasteiger partial charge in [-0.3, -0.25) is 0 Å². The predicted octanol–water partition coefficient (Wildman–Crippen LogP) is 4.03. The average Bonchev–Trinajstić information content (AvgIpc) is 2.41. The maximum atomic E-state index is 4.55. The highest BCUT2D eigenvalue weighted by Crippen LogP contribution is 2.26. The molecule has 0 atom stereocenters. The fourth-order valence-corrected chi connectivity index (χ4v) is 3.10. The molecule has 0 aliphatic heterocycles. The van der Waals surface area contributed by atoms with Crippen molar-refractivity contribution in [2.24, 2.45) is 0 Å². The summed E-state index contributed by atoms with van der Waals surface area (Å²) in [6, 6.07) is 8.39. The molecule has 100 valence electrons. The molecule has 5 heteroatoms. The summed E-state index contributed by atoms with van der Waals surface area (Å²) in [5.74, 6) is 2.57. The van der Waals surface area contributed by atoms with Crippen LogP contribution >= 0.6 is 34.4 Å². The highest BCUT2D eigenvalue weighted by atomic mass is 127. The summed E-state index contributed by atoms with van der Waals surface area (Å²) in [4.78, 5) is 10.4. The van der Waals surface area contributed by atoms with Gasteiger partial charge in [0.1, 0.15) is 11.6 Å². The summed E-state index contributed by atoms with van der Waals surface area (Å²) in [6.45, 7) is 4.15. The van der Waals surface area contributed by atoms with Crippen molar-refractivity contribution in [2.45, 2.75) is 24.5 Å². The van der Waals surface area contributed by atoms with E-state index in [0.717, 1.165) is 26.7 Å². The monoisotopic (exact) mass is 385 g/mol. The van der Waals surface area contributed by atoms with Crippen LogP contribution in [-0.2, 0) is 5.75 Å². The summed E-state index contributed by atoms with van der Waals surface area (Å²) in [5.41, 5.74) is 2.32. The molecule has 0 fully saturated rings. The van der Waals surface area contributed by atoms with Gasteiger partial charge in [-0.15, -0.1) is 11.8 Å². The van der Waals surface area contributed by atoms with Gasteiger partial charge >= 0.3 is 0 Å². The predicted molar refractivity (Wildman–Crippen MR) is 89.8 cm³/mol. The van der Waals surface area contributed by atoms with E-state index in [2.05, 4.69) is 69.1 Å². The van der Waals surface area contributed by atoms with Crippen LogP contribution in [-0.4, -0.2) is 17.0 Å². The topological polar surface area (TPSA) is 37.8 Å². The summed E-state index contributed by atoms with van der Waals surface area (Å²) in [6.07, 6.45) is 0. The fourth-order valence-electron chi connectivity index (χ4n) is 1.71. The van der Waals surface area contributed by atoms with Gasteiger partial charge in [-0.1, -0.05) is 18.2 Å². The lowest BCUT2D eigenvalue weighted by Gasteiger charge is -2.09. The van der Waals surface area contributed by atoms with Crippen molar-refractivity contribution in [3.8, 4) is 0 Å². The van der Waals surface area contributed by atoms with Gasteiger partial charge in [-0.2, -0.15) is 0 Å². The van der Waals surface area contributed by atoms with Crippen molar-refractivity contribution >= 4 is 40.2 Å². The second kappa shape index (κ2) is 6.56. The molecule has 19 heavy (non-hydrogen) atoms. The van der Waals surface area contributed by atoms with Gasteiger partial charge in [0.05, 0.1) is 15.0 Å². The number of thioether (sulfide) groups is 1. The van der Waals surface area contributed by atoms with Crippen molar-refractivity contribution < 1.29 is 0 Å². The van der Waals surface area contributed by atoms with E-state index in [1.54, 1.807) is 11.8 Å². The molecule has 0 saturated carbocycles. The van der Waals surface area contributed by atoms with Gasteiger partial charge in [0, 0.05) is 11.9 Å². The Bertz CT molecular complexity index is 587. The number of hydrogen-bond acceptors (Lipinski definition) is 4. The van der Waals surface area contributed by atoms with E-state index in [1.165, 1.54) is 10.5 Å². The van der Waals surface area contributed by atoms with Crippen LogP contribution in [0.4, 0.5) is 5.82 Å². The van der Waals surface area contributed by atoms with Gasteiger partial charge in [-0.25, -0.2) is 9.97 Å². The Balaban J connectivity index is 2.16. The Labute approximate surface area is 131 Å². The minimum Gasteiger partial charge on any atom is -0.372 e. The van der Waals surface area contributed by atoms with E-state index in [1.807, 2.05) is 14.0 Å². The van der Waals surface area contributed by atoms with Crippen LogP contribution in [0.3, 0.4) is 0 Å². The zero-order valence-corrected chi connectivity index (χ0v) is 14.2. The largest absolute Gasteiger partial charge is 0.372 e. The van der Waals surface area contributed by atoms with E-state index >= 15 is 0 Å². The normalized spacial score (nSPS) is 10.5. The Morgan fingerprint density at radius 2 is 1.95 bits per heavy atom. The van der Waals surface area contributed by atoms with Crippen molar-refractivity contribution in [3.63, 3.8) is 0 Å². The van der Waals surface area contributed by atoms with E-state index in [4.69, 9.17) is 0 Å². The second-order valence-corrected chi connectivity index (χ2v) is 6.29. The first-order valence-electron chi connectivity index (χ1n) is 6.01. The first kappa shape index (κ1) is 14.6. The minimum absolute atomic E-state index is 0.789. The van der Waals surface area contributed by atoms with Crippen molar-refractivity contribution in [2.75, 3.05) is 12.4 Å². The number of halogens is 1. The third kappa shape index (κ3) is 3.60. The molecule has 0 amide bonds. The Hall–Kier alpha value is -0.820. The smallest absolute Gasteiger partial charge is 0.143 e. The Morgan fingerprint density at radius 3 is 2.63 bits per heavy atom. The molecule has 2 aromatic rings. The van der Waals surface area contributed by atoms with Gasteiger partial charge in [-0.05, 0) is 48.1 Å². The standard InChI is InChI=1S/C14H16IN3S/c1-9-6-4-5-7-11(9)19-8-12-17-10(2)13(15)14(16-3)18-12/h4-7H,8H2,1-3H3,(H,16,17,18).